The van der Waals surface area contributed by atoms with Crippen LogP contribution in [0.25, 0.3) is 0 Å². The number of nitrogens with zero attached hydrogens (tertiary/aromatic N) is 2. The first-order valence-electron chi connectivity index (χ1n) is 8.79. The maximum Gasteiger partial charge on any atom is 0.408 e. The van der Waals surface area contributed by atoms with Gasteiger partial charge in [0.1, 0.15) is 5.60 Å². The average Bonchev–Trinajstić information content (AvgIpc) is 2.99. The van der Waals surface area contributed by atoms with Crippen molar-refractivity contribution in [3.05, 3.63) is 30.3 Å². The maximum absolute atomic E-state index is 12.4. The minimum Gasteiger partial charge on any atom is -0.464 e. The number of para-hydroxylation sites is 1. The van der Waals surface area contributed by atoms with Crippen LogP contribution in [0.5, 0.6) is 0 Å². The molecule has 1 aliphatic heterocycles. The molecule has 1 heterocycles. The van der Waals surface area contributed by atoms with E-state index in [0.717, 1.165) is 5.69 Å². The predicted molar refractivity (Wildman–Crippen MR) is 100 cm³/mol. The highest BCUT2D eigenvalue weighted by Gasteiger charge is 2.37. The molecule has 0 aliphatic carbocycles. The SMILES string of the molecule is CCOC(=O)C1CC([C@H](C)NC(=O)OC(C)(C)C)=NN1c1ccccc1. The molecule has 2 atom stereocenters. The lowest BCUT2D eigenvalue weighted by Crippen LogP contribution is -2.42. The summed E-state index contributed by atoms with van der Waals surface area (Å²) in [6, 6.07) is 8.51. The number of anilines is 1. The third-order valence-corrected chi connectivity index (χ3v) is 3.75. The second-order valence-electron chi connectivity index (χ2n) is 7.11. The number of nitrogens with one attached hydrogen (secondary N) is 1. The quantitative estimate of drug-likeness (QED) is 0.815. The summed E-state index contributed by atoms with van der Waals surface area (Å²) in [5, 5.41) is 9.00. The summed E-state index contributed by atoms with van der Waals surface area (Å²) in [7, 11) is 0. The largest absolute Gasteiger partial charge is 0.464 e. The molecule has 0 spiro atoms. The van der Waals surface area contributed by atoms with Crippen LogP contribution in [0.4, 0.5) is 10.5 Å². The molecule has 1 aliphatic rings. The van der Waals surface area contributed by atoms with E-state index in [1.165, 1.54) is 0 Å². The second-order valence-corrected chi connectivity index (χ2v) is 7.11. The molecule has 7 heteroatoms. The lowest BCUT2D eigenvalue weighted by atomic mass is 10.1. The molecule has 0 bridgehead atoms. The van der Waals surface area contributed by atoms with Crippen molar-refractivity contribution in [3.63, 3.8) is 0 Å². The Morgan fingerprint density at radius 1 is 1.31 bits per heavy atom. The van der Waals surface area contributed by atoms with Crippen molar-refractivity contribution in [3.8, 4) is 0 Å². The molecule has 26 heavy (non-hydrogen) atoms. The van der Waals surface area contributed by atoms with Crippen LogP contribution in [0.1, 0.15) is 41.0 Å². The number of rotatable bonds is 5. The summed E-state index contributed by atoms with van der Waals surface area (Å²) in [6.07, 6.45) is -0.136. The van der Waals surface area contributed by atoms with Gasteiger partial charge < -0.3 is 14.8 Å². The topological polar surface area (TPSA) is 80.2 Å². The number of carbonyl (C=O) groups is 2. The number of alkyl carbamates (subject to hydrolysis) is 1. The molecule has 1 unspecified atom stereocenters. The number of ether oxygens (including phenoxy) is 2. The number of hydrogen-bond acceptors (Lipinski definition) is 6. The lowest BCUT2D eigenvalue weighted by molar-refractivity contribution is -0.144. The fraction of sp³-hybridized carbons (Fsp3) is 0.526. The maximum atomic E-state index is 12.4. The van der Waals surface area contributed by atoms with Crippen LogP contribution in [0.3, 0.4) is 0 Å². The standard InChI is InChI=1S/C19H27N3O4/c1-6-25-17(23)16-12-15(13(2)20-18(24)26-19(3,4)5)21-22(16)14-10-8-7-9-11-14/h7-11,13,16H,6,12H2,1-5H3,(H,20,24)/t13-,16?/m0/s1. The molecule has 1 amide bonds. The van der Waals surface area contributed by atoms with Crippen LogP contribution in [0, 0.1) is 0 Å². The zero-order valence-corrected chi connectivity index (χ0v) is 16.0. The fourth-order valence-corrected chi connectivity index (χ4v) is 2.60. The highest BCUT2D eigenvalue weighted by atomic mass is 16.6. The Labute approximate surface area is 154 Å². The molecule has 0 fully saturated rings. The molecular formula is C19H27N3O4. The number of esters is 1. The van der Waals surface area contributed by atoms with Crippen molar-refractivity contribution < 1.29 is 19.1 Å². The van der Waals surface area contributed by atoms with Crippen LogP contribution in [0.2, 0.25) is 0 Å². The van der Waals surface area contributed by atoms with Crippen molar-refractivity contribution in [2.24, 2.45) is 5.10 Å². The van der Waals surface area contributed by atoms with Crippen molar-refractivity contribution in [2.75, 3.05) is 11.6 Å². The third kappa shape index (κ3) is 5.21. The van der Waals surface area contributed by atoms with Crippen molar-refractivity contribution in [2.45, 2.75) is 58.7 Å². The van der Waals surface area contributed by atoms with Gasteiger partial charge in [-0.3, -0.25) is 5.01 Å². The van der Waals surface area contributed by atoms with Gasteiger partial charge in [0.05, 0.1) is 24.0 Å². The fourth-order valence-electron chi connectivity index (χ4n) is 2.60. The van der Waals surface area contributed by atoms with Crippen LogP contribution < -0.4 is 10.3 Å². The Bertz CT molecular complexity index is 667. The van der Waals surface area contributed by atoms with E-state index in [2.05, 4.69) is 10.4 Å². The molecule has 7 nitrogen and oxygen atoms in total. The molecule has 2 rings (SSSR count). The highest BCUT2D eigenvalue weighted by molar-refractivity contribution is 5.99. The minimum absolute atomic E-state index is 0.305. The van der Waals surface area contributed by atoms with Gasteiger partial charge in [-0.15, -0.1) is 0 Å². The first kappa shape index (κ1) is 19.8. The molecule has 1 N–H and O–H groups in total. The lowest BCUT2D eigenvalue weighted by Gasteiger charge is -2.21. The number of amides is 1. The Kier molecular flexibility index (Phi) is 6.23. The van der Waals surface area contributed by atoms with E-state index in [1.54, 1.807) is 32.7 Å². The first-order chi connectivity index (χ1) is 12.2. The van der Waals surface area contributed by atoms with Gasteiger partial charge in [-0.2, -0.15) is 5.10 Å². The van der Waals surface area contributed by atoms with Crippen molar-refractivity contribution in [1.82, 2.24) is 5.32 Å². The van der Waals surface area contributed by atoms with Gasteiger partial charge in [0.2, 0.25) is 0 Å². The molecular weight excluding hydrogens is 334 g/mol. The molecule has 142 valence electrons. The summed E-state index contributed by atoms with van der Waals surface area (Å²) < 4.78 is 10.5. The molecule has 0 saturated heterocycles. The number of hydrazone groups is 1. The van der Waals surface area contributed by atoms with Gasteiger partial charge in [0.15, 0.2) is 6.04 Å². The summed E-state index contributed by atoms with van der Waals surface area (Å²) >= 11 is 0. The summed E-state index contributed by atoms with van der Waals surface area (Å²) in [6.45, 7) is 9.31. The Morgan fingerprint density at radius 3 is 2.54 bits per heavy atom. The average molecular weight is 361 g/mol. The monoisotopic (exact) mass is 361 g/mol. The van der Waals surface area contributed by atoms with E-state index in [1.807, 2.05) is 37.3 Å². The van der Waals surface area contributed by atoms with Crippen LogP contribution in [0.15, 0.2) is 35.4 Å². The van der Waals surface area contributed by atoms with Gasteiger partial charge in [0, 0.05) is 6.42 Å². The molecule has 0 radical (unpaired) electrons. The molecule has 1 aromatic rings. The molecule has 1 aromatic carbocycles. The Hall–Kier alpha value is -2.57. The molecule has 0 aromatic heterocycles. The van der Waals surface area contributed by atoms with Crippen LogP contribution in [-0.2, 0) is 14.3 Å². The smallest absolute Gasteiger partial charge is 0.408 e. The van der Waals surface area contributed by atoms with Crippen LogP contribution in [-0.4, -0.2) is 42.1 Å². The van der Waals surface area contributed by atoms with E-state index < -0.39 is 17.7 Å². The summed E-state index contributed by atoms with van der Waals surface area (Å²) in [5.74, 6) is -0.334. The minimum atomic E-state index is -0.579. The zero-order valence-electron chi connectivity index (χ0n) is 16.0. The van der Waals surface area contributed by atoms with Crippen LogP contribution >= 0.6 is 0 Å². The van der Waals surface area contributed by atoms with E-state index in [0.29, 0.717) is 18.7 Å². The zero-order chi connectivity index (χ0) is 19.3. The Morgan fingerprint density at radius 2 is 1.96 bits per heavy atom. The van der Waals surface area contributed by atoms with Gasteiger partial charge in [-0.25, -0.2) is 9.59 Å². The van der Waals surface area contributed by atoms with E-state index in [-0.39, 0.29) is 12.0 Å². The molecule has 0 saturated carbocycles. The van der Waals surface area contributed by atoms with Gasteiger partial charge >= 0.3 is 12.1 Å². The van der Waals surface area contributed by atoms with Gasteiger partial charge in [-0.05, 0) is 46.8 Å². The summed E-state index contributed by atoms with van der Waals surface area (Å²) in [4.78, 5) is 24.4. The van der Waals surface area contributed by atoms with E-state index in [4.69, 9.17) is 9.47 Å². The van der Waals surface area contributed by atoms with Crippen molar-refractivity contribution in [1.29, 1.82) is 0 Å². The van der Waals surface area contributed by atoms with E-state index in [9.17, 15) is 9.59 Å². The number of carbonyl (C=O) groups excluding carboxylic acids is 2. The summed E-state index contributed by atoms with van der Waals surface area (Å²) in [5.41, 5.74) is 0.910. The highest BCUT2D eigenvalue weighted by Crippen LogP contribution is 2.26. The third-order valence-electron chi connectivity index (χ3n) is 3.75. The van der Waals surface area contributed by atoms with Gasteiger partial charge in [-0.1, -0.05) is 18.2 Å². The predicted octanol–water partition coefficient (Wildman–Crippen LogP) is 3.10. The van der Waals surface area contributed by atoms with Crippen molar-refractivity contribution >= 4 is 23.5 Å². The Balaban J connectivity index is 2.15. The number of benzene rings is 1. The van der Waals surface area contributed by atoms with E-state index >= 15 is 0 Å². The second kappa shape index (κ2) is 8.21. The first-order valence-corrected chi connectivity index (χ1v) is 8.79. The van der Waals surface area contributed by atoms with Gasteiger partial charge in [0.25, 0.3) is 0 Å². The normalized spacial score (nSPS) is 18.1. The number of hydrogen-bond donors (Lipinski definition) is 1.